The normalized spacial score (nSPS) is 13.2. The van der Waals surface area contributed by atoms with Crippen LogP contribution >= 0.6 is 0 Å². The Morgan fingerprint density at radius 3 is 2.67 bits per heavy atom. The first-order valence-corrected chi connectivity index (χ1v) is 6.00. The highest BCUT2D eigenvalue weighted by Gasteiger charge is 2.30. The number of furan rings is 1. The molecule has 0 radical (unpaired) electrons. The third-order valence-corrected chi connectivity index (χ3v) is 2.95. The molecule has 0 aliphatic rings. The van der Waals surface area contributed by atoms with Crippen LogP contribution in [0.1, 0.15) is 26.5 Å². The molecule has 0 fully saturated rings. The van der Waals surface area contributed by atoms with Crippen LogP contribution in [0.2, 0.25) is 0 Å². The summed E-state index contributed by atoms with van der Waals surface area (Å²) in [7, 11) is 1.68. The minimum atomic E-state index is -0.228. The Morgan fingerprint density at radius 2 is 2.22 bits per heavy atom. The van der Waals surface area contributed by atoms with Crippen molar-refractivity contribution in [2.45, 2.75) is 33.4 Å². The zero-order valence-electron chi connectivity index (χ0n) is 11.4. The molecule has 0 aliphatic heterocycles. The van der Waals surface area contributed by atoms with E-state index in [0.29, 0.717) is 12.3 Å². The van der Waals surface area contributed by atoms with Crippen LogP contribution in [0.25, 0.3) is 0 Å². The van der Waals surface area contributed by atoms with Gasteiger partial charge in [-0.05, 0) is 17.5 Å². The Morgan fingerprint density at radius 1 is 1.56 bits per heavy atom. The quantitative estimate of drug-likeness (QED) is 0.861. The third kappa shape index (κ3) is 3.77. The minimum Gasteiger partial charge on any atom is -0.467 e. The number of nitrogens with zero attached hydrogens (tertiary/aromatic N) is 1. The molecule has 5 heteroatoms. The molecule has 1 aromatic heterocycles. The first-order chi connectivity index (χ1) is 8.36. The lowest BCUT2D eigenvalue weighted by molar-refractivity contribution is 0.0831. The Hall–Kier alpha value is -1.49. The molecule has 0 aliphatic carbocycles. The molecule has 0 unspecified atom stereocenters. The average Bonchev–Trinajstić information content (AvgIpc) is 2.77. The number of aliphatic hydroxyl groups is 1. The van der Waals surface area contributed by atoms with Gasteiger partial charge in [0.1, 0.15) is 5.76 Å². The second kappa shape index (κ2) is 5.91. The van der Waals surface area contributed by atoms with Gasteiger partial charge in [-0.2, -0.15) is 0 Å². The van der Waals surface area contributed by atoms with Crippen LogP contribution in [-0.4, -0.2) is 35.7 Å². The Bertz CT molecular complexity index is 368. The summed E-state index contributed by atoms with van der Waals surface area (Å²) >= 11 is 0. The van der Waals surface area contributed by atoms with E-state index < -0.39 is 0 Å². The summed E-state index contributed by atoms with van der Waals surface area (Å²) < 4.78 is 5.14. The van der Waals surface area contributed by atoms with E-state index in [2.05, 4.69) is 5.32 Å². The van der Waals surface area contributed by atoms with Crippen LogP contribution in [0.5, 0.6) is 0 Å². The van der Waals surface area contributed by atoms with Gasteiger partial charge in [0.05, 0.1) is 25.5 Å². The van der Waals surface area contributed by atoms with Crippen molar-refractivity contribution in [3.63, 3.8) is 0 Å². The van der Waals surface area contributed by atoms with Crippen molar-refractivity contribution >= 4 is 6.03 Å². The molecule has 1 aromatic rings. The molecule has 18 heavy (non-hydrogen) atoms. The number of aliphatic hydroxyl groups excluding tert-OH is 1. The zero-order valence-corrected chi connectivity index (χ0v) is 11.4. The number of nitrogens with one attached hydrogen (secondary N) is 1. The molecule has 1 atom stereocenters. The number of hydrogen-bond donors (Lipinski definition) is 2. The van der Waals surface area contributed by atoms with Gasteiger partial charge in [-0.3, -0.25) is 0 Å². The van der Waals surface area contributed by atoms with Gasteiger partial charge in [-0.1, -0.05) is 20.8 Å². The summed E-state index contributed by atoms with van der Waals surface area (Å²) in [5, 5.41) is 12.1. The van der Waals surface area contributed by atoms with E-state index in [4.69, 9.17) is 4.42 Å². The van der Waals surface area contributed by atoms with Crippen molar-refractivity contribution in [2.75, 3.05) is 13.7 Å². The van der Waals surface area contributed by atoms with E-state index in [0.717, 1.165) is 0 Å². The molecule has 1 rings (SSSR count). The van der Waals surface area contributed by atoms with Gasteiger partial charge in [0.15, 0.2) is 0 Å². The molecule has 2 N–H and O–H groups in total. The molecule has 0 bridgehead atoms. The Labute approximate surface area is 108 Å². The standard InChI is InChI=1S/C13H22N2O3/c1-13(2,3)11(9-16)15(4)12(17)14-8-10-6-5-7-18-10/h5-7,11,16H,8-9H2,1-4H3,(H,14,17)/t11-/m1/s1. The summed E-state index contributed by atoms with van der Waals surface area (Å²) in [5.74, 6) is 0.702. The number of carbonyl (C=O) groups excluding carboxylic acids is 1. The van der Waals surface area contributed by atoms with Crippen LogP contribution < -0.4 is 5.32 Å². The molecule has 0 saturated heterocycles. The van der Waals surface area contributed by atoms with Crippen molar-refractivity contribution in [2.24, 2.45) is 5.41 Å². The second-order valence-corrected chi connectivity index (χ2v) is 5.41. The molecule has 0 spiro atoms. The summed E-state index contributed by atoms with van der Waals surface area (Å²) in [5.41, 5.74) is -0.175. The predicted octanol–water partition coefficient (Wildman–Crippen LogP) is 1.83. The summed E-state index contributed by atoms with van der Waals surface area (Å²) in [6.07, 6.45) is 1.57. The summed E-state index contributed by atoms with van der Waals surface area (Å²) in [6, 6.07) is 3.12. The van der Waals surface area contributed by atoms with E-state index in [1.807, 2.05) is 20.8 Å². The first-order valence-electron chi connectivity index (χ1n) is 6.00. The molecule has 0 aromatic carbocycles. The summed E-state index contributed by atoms with van der Waals surface area (Å²) in [4.78, 5) is 13.5. The molecule has 0 saturated carbocycles. The van der Waals surface area contributed by atoms with E-state index >= 15 is 0 Å². The van der Waals surface area contributed by atoms with Crippen molar-refractivity contribution < 1.29 is 14.3 Å². The van der Waals surface area contributed by atoms with E-state index in [1.54, 1.807) is 25.4 Å². The number of amides is 2. The lowest BCUT2D eigenvalue weighted by atomic mass is 9.86. The maximum atomic E-state index is 11.9. The lowest BCUT2D eigenvalue weighted by Crippen LogP contribution is -2.50. The molecular formula is C13H22N2O3. The SMILES string of the molecule is CN(C(=O)NCc1ccco1)[C@H](CO)C(C)(C)C. The highest BCUT2D eigenvalue weighted by Crippen LogP contribution is 2.23. The fourth-order valence-electron chi connectivity index (χ4n) is 1.82. The molecule has 102 valence electrons. The largest absolute Gasteiger partial charge is 0.467 e. The van der Waals surface area contributed by atoms with Crippen LogP contribution in [0.4, 0.5) is 4.79 Å². The van der Waals surface area contributed by atoms with Crippen molar-refractivity contribution in [1.29, 1.82) is 0 Å². The Kier molecular flexibility index (Phi) is 4.78. The molecule has 5 nitrogen and oxygen atoms in total. The highest BCUT2D eigenvalue weighted by atomic mass is 16.3. The van der Waals surface area contributed by atoms with E-state index in [1.165, 1.54) is 4.90 Å². The highest BCUT2D eigenvalue weighted by molar-refractivity contribution is 5.74. The van der Waals surface area contributed by atoms with Gasteiger partial charge >= 0.3 is 6.03 Å². The average molecular weight is 254 g/mol. The van der Waals surface area contributed by atoms with Gasteiger partial charge in [-0.25, -0.2) is 4.79 Å². The number of urea groups is 1. The van der Waals surface area contributed by atoms with Gasteiger partial charge in [-0.15, -0.1) is 0 Å². The van der Waals surface area contributed by atoms with Crippen molar-refractivity contribution in [3.8, 4) is 0 Å². The maximum Gasteiger partial charge on any atom is 0.317 e. The van der Waals surface area contributed by atoms with Gasteiger partial charge < -0.3 is 19.7 Å². The Balaban J connectivity index is 2.55. The minimum absolute atomic E-state index is 0.0613. The molecular weight excluding hydrogens is 232 g/mol. The zero-order chi connectivity index (χ0) is 13.8. The third-order valence-electron chi connectivity index (χ3n) is 2.95. The molecule has 2 amide bonds. The number of rotatable bonds is 4. The van der Waals surface area contributed by atoms with Gasteiger partial charge in [0, 0.05) is 7.05 Å². The number of hydrogen-bond acceptors (Lipinski definition) is 3. The number of likely N-dealkylation sites (N-methyl/N-ethyl adjacent to an activating group) is 1. The molecule has 1 heterocycles. The van der Waals surface area contributed by atoms with Crippen LogP contribution in [-0.2, 0) is 6.54 Å². The lowest BCUT2D eigenvalue weighted by Gasteiger charge is -2.36. The maximum absolute atomic E-state index is 11.9. The smallest absolute Gasteiger partial charge is 0.317 e. The number of carbonyl (C=O) groups is 1. The van der Waals surface area contributed by atoms with Crippen molar-refractivity contribution in [3.05, 3.63) is 24.2 Å². The monoisotopic (exact) mass is 254 g/mol. The van der Waals surface area contributed by atoms with Gasteiger partial charge in [0.25, 0.3) is 0 Å². The fraction of sp³-hybridized carbons (Fsp3) is 0.615. The second-order valence-electron chi connectivity index (χ2n) is 5.41. The van der Waals surface area contributed by atoms with Gasteiger partial charge in [0.2, 0.25) is 0 Å². The first kappa shape index (κ1) is 14.6. The fourth-order valence-corrected chi connectivity index (χ4v) is 1.82. The van der Waals surface area contributed by atoms with Crippen molar-refractivity contribution in [1.82, 2.24) is 10.2 Å². The van der Waals surface area contributed by atoms with Crippen LogP contribution in [0.15, 0.2) is 22.8 Å². The summed E-state index contributed by atoms with van der Waals surface area (Å²) in [6.45, 7) is 6.26. The predicted molar refractivity (Wildman–Crippen MR) is 69.0 cm³/mol. The topological polar surface area (TPSA) is 65.7 Å². The van der Waals surface area contributed by atoms with Crippen LogP contribution in [0, 0.1) is 5.41 Å². The van der Waals surface area contributed by atoms with Crippen LogP contribution in [0.3, 0.4) is 0 Å². The van der Waals surface area contributed by atoms with E-state index in [9.17, 15) is 9.90 Å². The van der Waals surface area contributed by atoms with E-state index in [-0.39, 0.29) is 24.1 Å².